The van der Waals surface area contributed by atoms with E-state index in [2.05, 4.69) is 253 Å². The Morgan fingerprint density at radius 2 is 0.897 bits per heavy atom. The average Bonchev–Trinajstić information content (AvgIpc) is 4.06. The molecular weight excluding hydrogens is 823 g/mol. The molecule has 0 spiro atoms. The molecule has 0 saturated carbocycles. The molecule has 320 valence electrons. The first-order chi connectivity index (χ1) is 33.4. The molecule has 0 radical (unpaired) electrons. The maximum atomic E-state index is 2.51. The SMILES string of the molecule is CC1(C)c2ccccc2-c2cc3c4cc(-c5ccc(N6c7ccc(-n8c9ccccc9c9ccccc98)cc7C7(C)c8ccccc8-c8cccc6c87)cc5)ccc4n(-c4ccccc4)c3cc21. The molecule has 15 rings (SSSR count). The molecule has 12 aromatic rings. The highest BCUT2D eigenvalue weighted by Crippen LogP contribution is 2.62. The van der Waals surface area contributed by atoms with Crippen LogP contribution in [0.1, 0.15) is 48.6 Å². The van der Waals surface area contributed by atoms with Crippen molar-refractivity contribution in [1.29, 1.82) is 0 Å². The highest BCUT2D eigenvalue weighted by Gasteiger charge is 2.48. The largest absolute Gasteiger partial charge is 0.310 e. The van der Waals surface area contributed by atoms with Crippen molar-refractivity contribution >= 4 is 60.7 Å². The molecule has 1 aliphatic heterocycles. The number of nitrogens with zero attached hydrogens (tertiary/aromatic N) is 3. The molecule has 2 aliphatic carbocycles. The predicted octanol–water partition coefficient (Wildman–Crippen LogP) is 17.0. The molecule has 3 heteroatoms. The van der Waals surface area contributed by atoms with E-state index in [9.17, 15) is 0 Å². The van der Waals surface area contributed by atoms with Gasteiger partial charge in [-0.25, -0.2) is 0 Å². The van der Waals surface area contributed by atoms with Crippen LogP contribution in [0, 0.1) is 0 Å². The molecule has 1 atom stereocenters. The fourth-order valence-electron chi connectivity index (χ4n) is 13.0. The maximum Gasteiger partial charge on any atom is 0.0544 e. The van der Waals surface area contributed by atoms with Crippen molar-refractivity contribution in [2.24, 2.45) is 0 Å². The number of hydrogen-bond acceptors (Lipinski definition) is 1. The number of anilines is 3. The van der Waals surface area contributed by atoms with E-state index in [-0.39, 0.29) is 10.8 Å². The molecular formula is C65H45N3. The van der Waals surface area contributed by atoms with Crippen LogP contribution in [-0.2, 0) is 10.8 Å². The molecule has 0 N–H and O–H groups in total. The second-order valence-electron chi connectivity index (χ2n) is 19.8. The molecule has 68 heavy (non-hydrogen) atoms. The molecule has 0 bridgehead atoms. The van der Waals surface area contributed by atoms with E-state index in [0.29, 0.717) is 0 Å². The van der Waals surface area contributed by atoms with Crippen molar-refractivity contribution < 1.29 is 0 Å². The summed E-state index contributed by atoms with van der Waals surface area (Å²) in [6.07, 6.45) is 0. The zero-order valence-corrected chi connectivity index (χ0v) is 38.1. The van der Waals surface area contributed by atoms with E-state index in [4.69, 9.17) is 0 Å². The van der Waals surface area contributed by atoms with Gasteiger partial charge in [0.05, 0.1) is 33.4 Å². The zero-order valence-electron chi connectivity index (χ0n) is 38.1. The van der Waals surface area contributed by atoms with E-state index in [1.807, 2.05) is 0 Å². The number of hydrogen-bond donors (Lipinski definition) is 0. The zero-order chi connectivity index (χ0) is 45.0. The number of fused-ring (bicyclic) bond motifs is 14. The Kier molecular flexibility index (Phi) is 7.43. The van der Waals surface area contributed by atoms with E-state index in [1.54, 1.807) is 0 Å². The first-order valence-corrected chi connectivity index (χ1v) is 23.9. The molecule has 2 aromatic heterocycles. The quantitative estimate of drug-likeness (QED) is 0.172. The second-order valence-corrected chi connectivity index (χ2v) is 19.8. The monoisotopic (exact) mass is 867 g/mol. The van der Waals surface area contributed by atoms with Gasteiger partial charge in [-0.05, 0) is 153 Å². The normalized spacial score (nSPS) is 16.0. The van der Waals surface area contributed by atoms with Crippen molar-refractivity contribution in [1.82, 2.24) is 9.13 Å². The first kappa shape index (κ1) is 37.8. The molecule has 0 fully saturated rings. The first-order valence-electron chi connectivity index (χ1n) is 23.9. The van der Waals surface area contributed by atoms with Gasteiger partial charge < -0.3 is 14.0 Å². The third kappa shape index (κ3) is 4.82. The van der Waals surface area contributed by atoms with Gasteiger partial charge in [0.2, 0.25) is 0 Å². The van der Waals surface area contributed by atoms with Crippen LogP contribution in [0.4, 0.5) is 17.1 Å². The van der Waals surface area contributed by atoms with Gasteiger partial charge >= 0.3 is 0 Å². The van der Waals surface area contributed by atoms with Gasteiger partial charge in [0, 0.05) is 49.4 Å². The standard InChI is InChI=1S/C65H45N3/c1-64(2)53-23-11-7-19-46(53)50-38-52-51-36-41(30-34-59(51)66(62(52)39-55(50)64)42-16-5-4-6-17-42)40-28-31-43(32-29-40)67-60-35-33-44(68-57-25-13-9-20-47(57)48-21-10-14-26-58(48)68)37-56(60)65(3)54-24-12-8-18-45(54)49-22-15-27-61(67)63(49)65/h4-39H,1-3H3. The van der Waals surface area contributed by atoms with Crippen LogP contribution in [0.15, 0.2) is 218 Å². The van der Waals surface area contributed by atoms with Crippen molar-refractivity contribution in [2.45, 2.75) is 31.6 Å². The molecule has 10 aromatic carbocycles. The Hall–Kier alpha value is -8.40. The Morgan fingerprint density at radius 3 is 1.66 bits per heavy atom. The summed E-state index contributed by atoms with van der Waals surface area (Å²) < 4.78 is 4.92. The van der Waals surface area contributed by atoms with Crippen molar-refractivity contribution in [2.75, 3.05) is 4.90 Å². The summed E-state index contributed by atoms with van der Waals surface area (Å²) in [6.45, 7) is 7.20. The second kappa shape index (κ2) is 13.4. The summed E-state index contributed by atoms with van der Waals surface area (Å²) in [6, 6.07) is 81.9. The van der Waals surface area contributed by atoms with Crippen LogP contribution in [0.5, 0.6) is 0 Å². The Morgan fingerprint density at radius 1 is 0.309 bits per heavy atom. The molecule has 3 heterocycles. The van der Waals surface area contributed by atoms with Crippen LogP contribution in [-0.4, -0.2) is 9.13 Å². The minimum absolute atomic E-state index is 0.0864. The van der Waals surface area contributed by atoms with Gasteiger partial charge in [0.25, 0.3) is 0 Å². The summed E-state index contributed by atoms with van der Waals surface area (Å²) >= 11 is 0. The molecule has 1 unspecified atom stereocenters. The average molecular weight is 868 g/mol. The lowest BCUT2D eigenvalue weighted by atomic mass is 9.70. The summed E-state index contributed by atoms with van der Waals surface area (Å²) in [5, 5.41) is 5.08. The Balaban J connectivity index is 0.899. The third-order valence-corrected chi connectivity index (χ3v) is 16.1. The Labute approximate surface area is 395 Å². The summed E-state index contributed by atoms with van der Waals surface area (Å²) in [5.74, 6) is 0. The van der Waals surface area contributed by atoms with Gasteiger partial charge in [-0.3, -0.25) is 0 Å². The van der Waals surface area contributed by atoms with E-state index in [0.717, 1.165) is 5.69 Å². The fraction of sp³-hybridized carbons (Fsp3) is 0.0769. The van der Waals surface area contributed by atoms with Gasteiger partial charge in [-0.2, -0.15) is 0 Å². The van der Waals surface area contributed by atoms with Crippen molar-refractivity contribution in [3.05, 3.63) is 246 Å². The Bertz CT molecular complexity index is 4070. The lowest BCUT2D eigenvalue weighted by Gasteiger charge is -2.42. The van der Waals surface area contributed by atoms with E-state index >= 15 is 0 Å². The molecule has 3 aliphatic rings. The topological polar surface area (TPSA) is 13.1 Å². The number of rotatable bonds is 4. The van der Waals surface area contributed by atoms with Crippen LogP contribution in [0.3, 0.4) is 0 Å². The minimum atomic E-state index is -0.352. The minimum Gasteiger partial charge on any atom is -0.310 e. The van der Waals surface area contributed by atoms with Crippen LogP contribution >= 0.6 is 0 Å². The van der Waals surface area contributed by atoms with Crippen LogP contribution < -0.4 is 4.90 Å². The lowest BCUT2D eigenvalue weighted by Crippen LogP contribution is -2.32. The van der Waals surface area contributed by atoms with Gasteiger partial charge in [-0.15, -0.1) is 0 Å². The highest BCUT2D eigenvalue weighted by molar-refractivity contribution is 6.13. The summed E-state index contributed by atoms with van der Waals surface area (Å²) in [4.78, 5) is 2.51. The lowest BCUT2D eigenvalue weighted by molar-refractivity contribution is 0.661. The molecule has 0 amide bonds. The van der Waals surface area contributed by atoms with Crippen molar-refractivity contribution in [3.63, 3.8) is 0 Å². The number of aromatic nitrogens is 2. The van der Waals surface area contributed by atoms with E-state index in [1.165, 1.54) is 128 Å². The third-order valence-electron chi connectivity index (χ3n) is 16.1. The summed E-state index contributed by atoms with van der Waals surface area (Å²) in [7, 11) is 0. The maximum absolute atomic E-state index is 2.51. The number of benzene rings is 10. The fourth-order valence-corrected chi connectivity index (χ4v) is 13.0. The number of para-hydroxylation sites is 3. The summed E-state index contributed by atoms with van der Waals surface area (Å²) in [5.41, 5.74) is 24.9. The smallest absolute Gasteiger partial charge is 0.0544 e. The predicted molar refractivity (Wildman–Crippen MR) is 284 cm³/mol. The van der Waals surface area contributed by atoms with Crippen LogP contribution in [0.2, 0.25) is 0 Å². The molecule has 3 nitrogen and oxygen atoms in total. The molecule has 0 saturated heterocycles. The highest BCUT2D eigenvalue weighted by atomic mass is 15.2. The van der Waals surface area contributed by atoms with E-state index < -0.39 is 0 Å². The van der Waals surface area contributed by atoms with Gasteiger partial charge in [-0.1, -0.05) is 147 Å². The van der Waals surface area contributed by atoms with Crippen molar-refractivity contribution in [3.8, 4) is 44.8 Å². The van der Waals surface area contributed by atoms with Gasteiger partial charge in [0.15, 0.2) is 0 Å². The van der Waals surface area contributed by atoms with Gasteiger partial charge in [0.1, 0.15) is 0 Å². The van der Waals surface area contributed by atoms with Crippen LogP contribution in [0.25, 0.3) is 88.4 Å².